The maximum Gasteiger partial charge on any atom is 0.253 e. The summed E-state index contributed by atoms with van der Waals surface area (Å²) in [7, 11) is 0. The third-order valence-corrected chi connectivity index (χ3v) is 5.30. The number of hydrogen-bond donors (Lipinski definition) is 1. The highest BCUT2D eigenvalue weighted by atomic mass is 35.5. The van der Waals surface area contributed by atoms with Crippen molar-refractivity contribution in [2.24, 2.45) is 5.73 Å². The number of hydrogen-bond acceptors (Lipinski definition) is 3. The lowest BCUT2D eigenvalue weighted by molar-refractivity contribution is -0.136. The van der Waals surface area contributed by atoms with Crippen molar-refractivity contribution >= 4 is 35.8 Å². The Hall–Kier alpha value is -1.30. The van der Waals surface area contributed by atoms with Gasteiger partial charge in [-0.15, -0.1) is 12.4 Å². The van der Waals surface area contributed by atoms with Crippen LogP contribution in [0.2, 0.25) is 5.02 Å². The molecule has 2 amide bonds. The van der Waals surface area contributed by atoms with E-state index in [1.54, 1.807) is 29.2 Å². The van der Waals surface area contributed by atoms with E-state index in [1.807, 2.05) is 4.90 Å². The largest absolute Gasteiger partial charge is 0.339 e. The molecule has 7 heteroatoms. The second kappa shape index (κ2) is 8.39. The lowest BCUT2D eigenvalue weighted by Crippen LogP contribution is -2.54. The molecule has 0 bridgehead atoms. The van der Waals surface area contributed by atoms with Crippen molar-refractivity contribution in [1.82, 2.24) is 9.80 Å². The van der Waals surface area contributed by atoms with Crippen molar-refractivity contribution < 1.29 is 9.59 Å². The normalized spacial score (nSPS) is 19.9. The zero-order chi connectivity index (χ0) is 17.2. The molecule has 1 saturated heterocycles. The summed E-state index contributed by atoms with van der Waals surface area (Å²) in [6, 6.07) is 6.99. The number of nitrogens with two attached hydrogens (primary N) is 1. The predicted octanol–water partition coefficient (Wildman–Crippen LogP) is 2.71. The van der Waals surface area contributed by atoms with Gasteiger partial charge in [0, 0.05) is 36.8 Å². The Kier molecular flexibility index (Phi) is 6.72. The molecule has 2 aliphatic rings. The average molecular weight is 386 g/mol. The van der Waals surface area contributed by atoms with Crippen LogP contribution in [-0.2, 0) is 4.79 Å². The molecule has 1 aromatic carbocycles. The van der Waals surface area contributed by atoms with Gasteiger partial charge in [-0.1, -0.05) is 30.5 Å². The molecule has 5 nitrogen and oxygen atoms in total. The fraction of sp³-hybridized carbons (Fsp3) is 0.556. The number of carbonyl (C=O) groups excluding carboxylic acids is 2. The Labute approximate surface area is 159 Å². The fourth-order valence-electron chi connectivity index (χ4n) is 3.66. The van der Waals surface area contributed by atoms with E-state index < -0.39 is 5.54 Å². The van der Waals surface area contributed by atoms with Crippen molar-refractivity contribution in [3.63, 3.8) is 0 Å². The average Bonchev–Trinajstić information content (AvgIpc) is 2.88. The SMILES string of the molecule is Cl.NC1(C(=O)N2CCCN(C(=O)c3cccc(Cl)c3)CC2)CCCC1. The van der Waals surface area contributed by atoms with E-state index in [9.17, 15) is 9.59 Å². The van der Waals surface area contributed by atoms with E-state index in [-0.39, 0.29) is 24.2 Å². The monoisotopic (exact) mass is 385 g/mol. The van der Waals surface area contributed by atoms with Crippen molar-refractivity contribution in [2.75, 3.05) is 26.2 Å². The van der Waals surface area contributed by atoms with E-state index in [1.165, 1.54) is 0 Å². The molecule has 2 fully saturated rings. The van der Waals surface area contributed by atoms with Gasteiger partial charge in [0.15, 0.2) is 0 Å². The second-order valence-electron chi connectivity index (χ2n) is 6.81. The Morgan fingerprint density at radius 2 is 1.64 bits per heavy atom. The molecule has 25 heavy (non-hydrogen) atoms. The van der Waals surface area contributed by atoms with Crippen LogP contribution >= 0.6 is 24.0 Å². The quantitative estimate of drug-likeness (QED) is 0.850. The summed E-state index contributed by atoms with van der Waals surface area (Å²) >= 11 is 5.98. The molecular formula is C18H25Cl2N3O2. The number of benzene rings is 1. The summed E-state index contributed by atoms with van der Waals surface area (Å²) in [4.78, 5) is 29.0. The first-order valence-corrected chi connectivity index (χ1v) is 9.00. The maximum absolute atomic E-state index is 12.7. The molecule has 0 aromatic heterocycles. The Morgan fingerprint density at radius 3 is 2.32 bits per heavy atom. The molecule has 0 unspecified atom stereocenters. The first kappa shape index (κ1) is 20.0. The van der Waals surface area contributed by atoms with Crippen LogP contribution in [0.25, 0.3) is 0 Å². The maximum atomic E-state index is 12.7. The second-order valence-corrected chi connectivity index (χ2v) is 7.25. The highest BCUT2D eigenvalue weighted by Gasteiger charge is 2.40. The molecule has 1 saturated carbocycles. The lowest BCUT2D eigenvalue weighted by Gasteiger charge is -2.30. The summed E-state index contributed by atoms with van der Waals surface area (Å²) in [5.74, 6) is 0.0205. The molecule has 1 aromatic rings. The zero-order valence-corrected chi connectivity index (χ0v) is 15.8. The van der Waals surface area contributed by atoms with Crippen LogP contribution in [0.1, 0.15) is 42.5 Å². The van der Waals surface area contributed by atoms with Crippen LogP contribution in [0.3, 0.4) is 0 Å². The topological polar surface area (TPSA) is 66.6 Å². The third kappa shape index (κ3) is 4.46. The van der Waals surface area contributed by atoms with E-state index in [0.29, 0.717) is 36.8 Å². The number of amides is 2. The number of rotatable bonds is 2. The third-order valence-electron chi connectivity index (χ3n) is 5.06. The number of carbonyl (C=O) groups is 2. The van der Waals surface area contributed by atoms with E-state index in [2.05, 4.69) is 0 Å². The van der Waals surface area contributed by atoms with Crippen LogP contribution < -0.4 is 5.73 Å². The van der Waals surface area contributed by atoms with Gasteiger partial charge in [0.2, 0.25) is 5.91 Å². The summed E-state index contributed by atoms with van der Waals surface area (Å²) in [5, 5.41) is 0.554. The molecule has 0 spiro atoms. The van der Waals surface area contributed by atoms with Gasteiger partial charge in [0.05, 0.1) is 5.54 Å². The number of nitrogens with zero attached hydrogens (tertiary/aromatic N) is 2. The van der Waals surface area contributed by atoms with Crippen molar-refractivity contribution in [3.05, 3.63) is 34.9 Å². The zero-order valence-electron chi connectivity index (χ0n) is 14.2. The molecule has 0 atom stereocenters. The van der Waals surface area contributed by atoms with Crippen LogP contribution in [-0.4, -0.2) is 53.3 Å². The minimum atomic E-state index is -0.688. The van der Waals surface area contributed by atoms with Crippen molar-refractivity contribution in [1.29, 1.82) is 0 Å². The predicted molar refractivity (Wildman–Crippen MR) is 101 cm³/mol. The molecule has 1 aliphatic carbocycles. The van der Waals surface area contributed by atoms with E-state index >= 15 is 0 Å². The van der Waals surface area contributed by atoms with Crippen LogP contribution in [0.4, 0.5) is 0 Å². The summed E-state index contributed by atoms with van der Waals surface area (Å²) in [5.41, 5.74) is 6.20. The van der Waals surface area contributed by atoms with Crippen LogP contribution in [0.15, 0.2) is 24.3 Å². The van der Waals surface area contributed by atoms with Gasteiger partial charge < -0.3 is 15.5 Å². The first-order valence-electron chi connectivity index (χ1n) is 8.63. The van der Waals surface area contributed by atoms with Crippen molar-refractivity contribution in [3.8, 4) is 0 Å². The van der Waals surface area contributed by atoms with Gasteiger partial charge in [-0.3, -0.25) is 9.59 Å². The summed E-state index contributed by atoms with van der Waals surface area (Å²) in [6.45, 7) is 2.39. The molecule has 2 N–H and O–H groups in total. The molecular weight excluding hydrogens is 361 g/mol. The van der Waals surface area contributed by atoms with Crippen molar-refractivity contribution in [2.45, 2.75) is 37.6 Å². The molecule has 1 aliphatic heterocycles. The molecule has 1 heterocycles. The van der Waals surface area contributed by atoms with E-state index in [0.717, 1.165) is 32.1 Å². The minimum absolute atomic E-state index is 0. The molecule has 0 radical (unpaired) electrons. The van der Waals surface area contributed by atoms with E-state index in [4.69, 9.17) is 17.3 Å². The number of halogens is 2. The summed E-state index contributed by atoms with van der Waals surface area (Å²) in [6.07, 6.45) is 4.36. The standard InChI is InChI=1S/C18H24ClN3O2.ClH/c19-15-6-3-5-14(13-15)16(23)21-9-4-10-22(12-11-21)17(24)18(20)7-1-2-8-18;/h3,5-6,13H,1-2,4,7-12,20H2;1H. The van der Waals surface area contributed by atoms with Gasteiger partial charge in [-0.05, 0) is 37.5 Å². The Balaban J connectivity index is 0.00000225. The lowest BCUT2D eigenvalue weighted by atomic mass is 9.97. The fourth-order valence-corrected chi connectivity index (χ4v) is 3.85. The van der Waals surface area contributed by atoms with Gasteiger partial charge in [0.1, 0.15) is 0 Å². The Morgan fingerprint density at radius 1 is 1.00 bits per heavy atom. The van der Waals surface area contributed by atoms with Gasteiger partial charge >= 0.3 is 0 Å². The van der Waals surface area contributed by atoms with Gasteiger partial charge in [-0.2, -0.15) is 0 Å². The minimum Gasteiger partial charge on any atom is -0.339 e. The molecule has 138 valence electrons. The smallest absolute Gasteiger partial charge is 0.253 e. The van der Waals surface area contributed by atoms with Crippen LogP contribution in [0.5, 0.6) is 0 Å². The van der Waals surface area contributed by atoms with Crippen LogP contribution in [0, 0.1) is 0 Å². The Bertz CT molecular complexity index is 633. The highest BCUT2D eigenvalue weighted by molar-refractivity contribution is 6.30. The first-order chi connectivity index (χ1) is 11.5. The molecule has 3 rings (SSSR count). The highest BCUT2D eigenvalue weighted by Crippen LogP contribution is 2.29. The van der Waals surface area contributed by atoms with Gasteiger partial charge in [-0.25, -0.2) is 0 Å². The van der Waals surface area contributed by atoms with Gasteiger partial charge in [0.25, 0.3) is 5.91 Å². The summed E-state index contributed by atoms with van der Waals surface area (Å²) < 4.78 is 0.